The molecule has 0 aromatic heterocycles. The van der Waals surface area contributed by atoms with Gasteiger partial charge in [0.05, 0.1) is 33.0 Å². The summed E-state index contributed by atoms with van der Waals surface area (Å²) in [6.45, 7) is 15.8. The highest BCUT2D eigenvalue weighted by Crippen LogP contribution is 2.36. The minimum Gasteiger partial charge on any atom is -0.489 e. The molecule has 7 nitrogen and oxygen atoms in total. The molecule has 0 heterocycles. The molecule has 0 saturated heterocycles. The number of nitrogens with zero attached hydrogens (tertiary/aromatic N) is 1. The summed E-state index contributed by atoms with van der Waals surface area (Å²) in [5, 5.41) is 2.41. The molecular weight excluding hydrogens is 631 g/mol. The van der Waals surface area contributed by atoms with Crippen LogP contribution in [0.5, 0.6) is 5.75 Å². The van der Waals surface area contributed by atoms with E-state index in [4.69, 9.17) is 23.4 Å². The Balaban J connectivity index is 1.26. The van der Waals surface area contributed by atoms with Crippen LogP contribution in [0.15, 0.2) is 115 Å². The summed E-state index contributed by atoms with van der Waals surface area (Å²) < 4.78 is 30.5. The molecule has 4 aromatic rings. The van der Waals surface area contributed by atoms with Crippen molar-refractivity contribution in [3.63, 3.8) is 0 Å². The van der Waals surface area contributed by atoms with Crippen LogP contribution in [0.1, 0.15) is 52.7 Å². The predicted octanol–water partition coefficient (Wildman–Crippen LogP) is 7.61. The van der Waals surface area contributed by atoms with Gasteiger partial charge in [-0.1, -0.05) is 124 Å². The summed E-state index contributed by atoms with van der Waals surface area (Å²) >= 11 is 0. The van der Waals surface area contributed by atoms with Crippen LogP contribution in [0.25, 0.3) is 0 Å². The Kier molecular flexibility index (Phi) is 14.0. The molecule has 4 rings (SSSR count). The van der Waals surface area contributed by atoms with E-state index in [1.165, 1.54) is 10.4 Å². The predicted molar refractivity (Wildman–Crippen MR) is 199 cm³/mol. The second kappa shape index (κ2) is 18.2. The Labute approximate surface area is 294 Å². The monoisotopic (exact) mass is 683 g/mol. The van der Waals surface area contributed by atoms with Gasteiger partial charge >= 0.3 is 6.09 Å². The largest absolute Gasteiger partial charge is 0.489 e. The van der Waals surface area contributed by atoms with Crippen LogP contribution >= 0.6 is 0 Å². The van der Waals surface area contributed by atoms with Crippen molar-refractivity contribution >= 4 is 24.8 Å². The smallest absolute Gasteiger partial charge is 0.410 e. The molecule has 0 aliphatic carbocycles. The molecule has 8 heteroatoms. The van der Waals surface area contributed by atoms with E-state index in [-0.39, 0.29) is 11.1 Å². The fraction of sp³-hybridized carbons (Fsp3) is 0.390. The van der Waals surface area contributed by atoms with E-state index < -0.39 is 13.9 Å². The van der Waals surface area contributed by atoms with Crippen molar-refractivity contribution in [2.45, 2.75) is 65.3 Å². The summed E-state index contributed by atoms with van der Waals surface area (Å²) in [7, 11) is -2.60. The molecule has 0 saturated carbocycles. The fourth-order valence-corrected chi connectivity index (χ4v) is 10.3. The highest BCUT2D eigenvalue weighted by atomic mass is 28.4. The van der Waals surface area contributed by atoms with E-state index in [1.807, 2.05) is 87.5 Å². The molecule has 0 fully saturated rings. The van der Waals surface area contributed by atoms with Gasteiger partial charge in [-0.05, 0) is 59.4 Å². The van der Waals surface area contributed by atoms with Crippen LogP contribution in [0.4, 0.5) is 4.79 Å². The van der Waals surface area contributed by atoms with E-state index in [0.29, 0.717) is 52.7 Å². The van der Waals surface area contributed by atoms with Crippen LogP contribution in [0.2, 0.25) is 5.04 Å². The van der Waals surface area contributed by atoms with Crippen molar-refractivity contribution in [1.29, 1.82) is 0 Å². The number of amides is 1. The first-order chi connectivity index (χ1) is 23.5. The van der Waals surface area contributed by atoms with E-state index in [2.05, 4.69) is 69.3 Å². The van der Waals surface area contributed by atoms with E-state index in [9.17, 15) is 4.79 Å². The SMILES string of the molecule is CC(C)(C)OC(=O)N(CCOCCOCCO[Si](c1ccccc1)(c1ccccc1)C(C)(C)C)Cc1cccc(OCc2ccccc2)c1. The third-order valence-electron chi connectivity index (χ3n) is 8.01. The Hall–Kier alpha value is -3.95. The minimum atomic E-state index is -2.60. The second-order valence-corrected chi connectivity index (χ2v) is 18.4. The molecule has 4 aromatic carbocycles. The van der Waals surface area contributed by atoms with Crippen molar-refractivity contribution in [2.24, 2.45) is 0 Å². The summed E-state index contributed by atoms with van der Waals surface area (Å²) in [6, 6.07) is 39.1. The van der Waals surface area contributed by atoms with Crippen molar-refractivity contribution in [3.8, 4) is 5.75 Å². The van der Waals surface area contributed by atoms with E-state index in [1.54, 1.807) is 4.90 Å². The number of ether oxygens (including phenoxy) is 4. The lowest BCUT2D eigenvalue weighted by Crippen LogP contribution is -2.66. The third-order valence-corrected chi connectivity index (χ3v) is 13.1. The lowest BCUT2D eigenvalue weighted by atomic mass is 10.2. The summed E-state index contributed by atoms with van der Waals surface area (Å²) in [5.41, 5.74) is 1.43. The molecule has 0 N–H and O–H groups in total. The lowest BCUT2D eigenvalue weighted by molar-refractivity contribution is 0.00679. The number of carbonyl (C=O) groups excluding carboxylic acids is 1. The number of rotatable bonds is 17. The number of hydrogen-bond acceptors (Lipinski definition) is 6. The summed E-state index contributed by atoms with van der Waals surface area (Å²) in [5.74, 6) is 0.748. The maximum atomic E-state index is 13.1. The van der Waals surface area contributed by atoms with Gasteiger partial charge in [0.25, 0.3) is 8.32 Å². The molecule has 0 aliphatic rings. The fourth-order valence-electron chi connectivity index (χ4n) is 5.77. The number of benzene rings is 4. The molecule has 0 atom stereocenters. The number of carbonyl (C=O) groups is 1. The van der Waals surface area contributed by atoms with Crippen LogP contribution < -0.4 is 15.1 Å². The molecule has 49 heavy (non-hydrogen) atoms. The number of hydrogen-bond donors (Lipinski definition) is 0. The molecule has 0 unspecified atom stereocenters. The first-order valence-corrected chi connectivity index (χ1v) is 19.0. The van der Waals surface area contributed by atoms with Crippen LogP contribution in [-0.2, 0) is 31.8 Å². The molecule has 0 bridgehead atoms. The molecule has 1 amide bonds. The zero-order valence-corrected chi connectivity index (χ0v) is 31.0. The Morgan fingerprint density at radius 1 is 0.633 bits per heavy atom. The molecule has 0 radical (unpaired) electrons. The Morgan fingerprint density at radius 2 is 1.16 bits per heavy atom. The van der Waals surface area contributed by atoms with Crippen molar-refractivity contribution in [2.75, 3.05) is 39.6 Å². The van der Waals surface area contributed by atoms with Gasteiger partial charge in [0.15, 0.2) is 0 Å². The van der Waals surface area contributed by atoms with Gasteiger partial charge in [0.1, 0.15) is 18.0 Å². The van der Waals surface area contributed by atoms with Gasteiger partial charge in [-0.3, -0.25) is 0 Å². The zero-order chi connectivity index (χ0) is 35.2. The quantitative estimate of drug-likeness (QED) is 0.0844. The first-order valence-electron chi connectivity index (χ1n) is 17.1. The molecular formula is C41H53NO6Si. The van der Waals surface area contributed by atoms with Crippen molar-refractivity contribution in [1.82, 2.24) is 4.90 Å². The van der Waals surface area contributed by atoms with Crippen LogP contribution in [-0.4, -0.2) is 64.5 Å². The van der Waals surface area contributed by atoms with E-state index in [0.717, 1.165) is 16.9 Å². The van der Waals surface area contributed by atoms with Crippen molar-refractivity contribution < 1.29 is 28.2 Å². The van der Waals surface area contributed by atoms with Gasteiger partial charge in [-0.2, -0.15) is 0 Å². The van der Waals surface area contributed by atoms with Crippen LogP contribution in [0, 0.1) is 0 Å². The van der Waals surface area contributed by atoms with E-state index >= 15 is 0 Å². The van der Waals surface area contributed by atoms with Gasteiger partial charge in [-0.15, -0.1) is 0 Å². The second-order valence-electron chi connectivity index (χ2n) is 14.1. The standard InChI is InChI=1S/C41H53NO6Si/c1-40(2,3)48-39(43)42(32-35-19-16-20-36(31-35)46-33-34-17-10-7-11-18-34)25-26-44-27-28-45-29-30-47-49(41(4,5)6,37-21-12-8-13-22-37)38-23-14-9-15-24-38/h7-24,31H,25-30,32-33H2,1-6H3. The highest BCUT2D eigenvalue weighted by molar-refractivity contribution is 6.99. The topological polar surface area (TPSA) is 66.5 Å². The average molecular weight is 684 g/mol. The zero-order valence-electron chi connectivity index (χ0n) is 30.0. The van der Waals surface area contributed by atoms with Crippen LogP contribution in [0.3, 0.4) is 0 Å². The maximum absolute atomic E-state index is 13.1. The normalized spacial score (nSPS) is 12.0. The third kappa shape index (κ3) is 11.6. The highest BCUT2D eigenvalue weighted by Gasteiger charge is 2.50. The average Bonchev–Trinajstić information content (AvgIpc) is 3.08. The summed E-state index contributed by atoms with van der Waals surface area (Å²) in [4.78, 5) is 14.8. The van der Waals surface area contributed by atoms with Gasteiger partial charge in [0, 0.05) is 13.1 Å². The first kappa shape index (κ1) is 37.9. The van der Waals surface area contributed by atoms with Gasteiger partial charge in [-0.25, -0.2) is 4.79 Å². The Morgan fingerprint density at radius 3 is 1.73 bits per heavy atom. The van der Waals surface area contributed by atoms with Gasteiger partial charge in [0.2, 0.25) is 0 Å². The van der Waals surface area contributed by atoms with Gasteiger partial charge < -0.3 is 28.3 Å². The molecule has 0 aliphatic heterocycles. The Bertz CT molecular complexity index is 1500. The maximum Gasteiger partial charge on any atom is 0.410 e. The lowest BCUT2D eigenvalue weighted by Gasteiger charge is -2.43. The molecule has 262 valence electrons. The minimum absolute atomic E-state index is 0.0880. The van der Waals surface area contributed by atoms with Crippen molar-refractivity contribution in [3.05, 3.63) is 126 Å². The molecule has 0 spiro atoms. The summed E-state index contributed by atoms with van der Waals surface area (Å²) in [6.07, 6.45) is -0.386.